The number of amides is 1. The van der Waals surface area contributed by atoms with E-state index in [0.29, 0.717) is 6.42 Å². The molecule has 512 valence electrons. The van der Waals surface area contributed by atoms with E-state index in [1.165, 1.54) is 173 Å². The first-order valence-electron chi connectivity index (χ1n) is 35.1. The van der Waals surface area contributed by atoms with Crippen molar-refractivity contribution in [1.29, 1.82) is 0 Å². The van der Waals surface area contributed by atoms with Gasteiger partial charge in [0.2, 0.25) is 5.91 Å². The molecular formula is C68H127NO18. The zero-order chi connectivity index (χ0) is 63.3. The summed E-state index contributed by atoms with van der Waals surface area (Å²) in [5.41, 5.74) is 0. The first-order chi connectivity index (χ1) is 42.3. The van der Waals surface area contributed by atoms with Gasteiger partial charge < -0.3 is 89.9 Å². The van der Waals surface area contributed by atoms with Gasteiger partial charge >= 0.3 is 0 Å². The molecule has 19 nitrogen and oxygen atoms in total. The van der Waals surface area contributed by atoms with E-state index in [9.17, 15) is 61.0 Å². The monoisotopic (exact) mass is 1250 g/mol. The number of hydrogen-bond acceptors (Lipinski definition) is 18. The molecule has 0 aromatic heterocycles. The Morgan fingerprint density at radius 2 is 0.747 bits per heavy atom. The van der Waals surface area contributed by atoms with Crippen LogP contribution in [0.25, 0.3) is 0 Å². The molecule has 0 aromatic carbocycles. The van der Waals surface area contributed by atoms with Crippen LogP contribution in [0, 0.1) is 0 Å². The Balaban J connectivity index is 1.35. The van der Waals surface area contributed by atoms with Crippen molar-refractivity contribution < 1.29 is 89.4 Å². The Morgan fingerprint density at radius 3 is 1.16 bits per heavy atom. The van der Waals surface area contributed by atoms with Crippen LogP contribution in [-0.2, 0) is 33.2 Å². The summed E-state index contributed by atoms with van der Waals surface area (Å²) < 4.78 is 34.3. The van der Waals surface area contributed by atoms with Gasteiger partial charge in [-0.2, -0.15) is 0 Å². The minimum atomic E-state index is -1.98. The molecule has 0 radical (unpaired) electrons. The molecule has 19 heteroatoms. The number of aliphatic hydroxyl groups is 11. The highest BCUT2D eigenvalue weighted by molar-refractivity contribution is 5.76. The summed E-state index contributed by atoms with van der Waals surface area (Å²) in [6.45, 7) is 1.67. The minimum Gasteiger partial charge on any atom is -0.394 e. The van der Waals surface area contributed by atoms with Crippen molar-refractivity contribution in [3.8, 4) is 0 Å². The second-order valence-corrected chi connectivity index (χ2v) is 25.3. The van der Waals surface area contributed by atoms with Gasteiger partial charge in [0.25, 0.3) is 0 Å². The van der Waals surface area contributed by atoms with Crippen molar-refractivity contribution in [2.45, 2.75) is 375 Å². The van der Waals surface area contributed by atoms with E-state index in [-0.39, 0.29) is 18.9 Å². The molecule has 12 N–H and O–H groups in total. The largest absolute Gasteiger partial charge is 0.394 e. The van der Waals surface area contributed by atoms with E-state index < -0.39 is 124 Å². The Labute approximate surface area is 524 Å². The van der Waals surface area contributed by atoms with Crippen LogP contribution in [0.5, 0.6) is 0 Å². The van der Waals surface area contributed by atoms with Gasteiger partial charge in [0.05, 0.1) is 38.6 Å². The number of ether oxygens (including phenoxy) is 6. The average Bonchev–Trinajstić information content (AvgIpc) is 1.77. The fourth-order valence-corrected chi connectivity index (χ4v) is 12.0. The summed E-state index contributed by atoms with van der Waals surface area (Å²) in [5, 5.41) is 120. The predicted octanol–water partition coefficient (Wildman–Crippen LogP) is 9.05. The van der Waals surface area contributed by atoms with Crippen LogP contribution in [-0.4, -0.2) is 193 Å². The molecule has 0 aliphatic carbocycles. The topological polar surface area (TPSA) is 307 Å². The molecule has 3 heterocycles. The molecule has 1 amide bonds. The van der Waals surface area contributed by atoms with Gasteiger partial charge in [-0.3, -0.25) is 4.79 Å². The van der Waals surface area contributed by atoms with Gasteiger partial charge in [0, 0.05) is 6.42 Å². The predicted molar refractivity (Wildman–Crippen MR) is 337 cm³/mol. The van der Waals surface area contributed by atoms with Gasteiger partial charge in [-0.05, 0) is 38.5 Å². The second-order valence-electron chi connectivity index (χ2n) is 25.3. The summed E-state index contributed by atoms with van der Waals surface area (Å²) in [4.78, 5) is 13.3. The maximum Gasteiger partial charge on any atom is 0.220 e. The zero-order valence-electron chi connectivity index (χ0n) is 54.0. The number of nitrogens with one attached hydrogen (secondary N) is 1. The molecular weight excluding hydrogens is 1120 g/mol. The molecule has 17 atom stereocenters. The third-order valence-electron chi connectivity index (χ3n) is 17.7. The van der Waals surface area contributed by atoms with Crippen molar-refractivity contribution in [3.05, 3.63) is 24.3 Å². The normalized spacial score (nSPS) is 28.7. The van der Waals surface area contributed by atoms with Gasteiger partial charge in [0.15, 0.2) is 18.9 Å². The molecule has 87 heavy (non-hydrogen) atoms. The molecule has 3 aliphatic heterocycles. The lowest BCUT2D eigenvalue weighted by atomic mass is 9.96. The highest BCUT2D eigenvalue weighted by Gasteiger charge is 2.53. The van der Waals surface area contributed by atoms with E-state index in [4.69, 9.17) is 28.4 Å². The van der Waals surface area contributed by atoms with E-state index in [0.717, 1.165) is 70.6 Å². The lowest BCUT2D eigenvalue weighted by molar-refractivity contribution is -0.379. The van der Waals surface area contributed by atoms with Crippen molar-refractivity contribution in [3.63, 3.8) is 0 Å². The number of hydrogen-bond donors (Lipinski definition) is 12. The van der Waals surface area contributed by atoms with Gasteiger partial charge in [-0.1, -0.05) is 250 Å². The summed E-state index contributed by atoms with van der Waals surface area (Å²) in [5.74, 6) is -0.285. The third-order valence-corrected chi connectivity index (χ3v) is 17.7. The Morgan fingerprint density at radius 1 is 0.402 bits per heavy atom. The van der Waals surface area contributed by atoms with E-state index in [1.807, 2.05) is 6.08 Å². The quantitative estimate of drug-likeness (QED) is 0.0200. The Kier molecular flexibility index (Phi) is 46.4. The fourth-order valence-electron chi connectivity index (χ4n) is 12.0. The summed E-state index contributed by atoms with van der Waals surface area (Å²) in [6, 6.07) is -0.975. The number of rotatable bonds is 54. The van der Waals surface area contributed by atoms with Crippen LogP contribution >= 0.6 is 0 Å². The molecule has 3 aliphatic rings. The maximum atomic E-state index is 13.3. The molecule has 0 spiro atoms. The molecule has 0 saturated carbocycles. The summed E-state index contributed by atoms with van der Waals surface area (Å²) in [7, 11) is 0. The van der Waals surface area contributed by atoms with Crippen LogP contribution in [0.2, 0.25) is 0 Å². The van der Waals surface area contributed by atoms with Crippen molar-refractivity contribution in [1.82, 2.24) is 5.32 Å². The van der Waals surface area contributed by atoms with Crippen LogP contribution in [0.1, 0.15) is 271 Å². The molecule has 3 fully saturated rings. The third kappa shape index (κ3) is 33.1. The number of allylic oxidation sites excluding steroid dienone is 3. The van der Waals surface area contributed by atoms with Crippen LogP contribution in [0.15, 0.2) is 24.3 Å². The van der Waals surface area contributed by atoms with Gasteiger partial charge in [-0.15, -0.1) is 0 Å². The summed E-state index contributed by atoms with van der Waals surface area (Å²) >= 11 is 0. The molecule has 3 rings (SSSR count). The average molecular weight is 1250 g/mol. The molecule has 17 unspecified atom stereocenters. The number of carbonyl (C=O) groups is 1. The standard InChI is InChI=1S/C68H127NO18/c1-3-5-7-9-11-13-15-16-17-18-19-20-21-22-23-24-25-26-27-28-29-30-31-32-33-34-35-36-37-39-41-43-45-52(73)51(69-56(74)46-44-42-40-38-14-12-10-8-6-4-2)50-82-66-62(80)59(77)64(54(48-71)84-66)87-68-63(81)60(78)65(55(49-72)85-68)86-67-61(79)58(76)57(75)53(47-70)83-67/h8,10,43,45,51-55,57-68,70-73,75-81H,3-7,9,11-42,44,46-50H2,1-2H3,(H,69,74)/b10-8-,45-43+. The van der Waals surface area contributed by atoms with Crippen molar-refractivity contribution >= 4 is 5.91 Å². The van der Waals surface area contributed by atoms with Crippen LogP contribution in [0.4, 0.5) is 0 Å². The lowest BCUT2D eigenvalue weighted by Gasteiger charge is -2.48. The number of carbonyl (C=O) groups excluding carboxylic acids is 1. The highest BCUT2D eigenvalue weighted by atomic mass is 16.8. The van der Waals surface area contributed by atoms with Crippen LogP contribution < -0.4 is 5.32 Å². The van der Waals surface area contributed by atoms with Gasteiger partial charge in [0.1, 0.15) is 73.2 Å². The number of unbranched alkanes of at least 4 members (excludes halogenated alkanes) is 36. The minimum absolute atomic E-state index is 0.234. The maximum absolute atomic E-state index is 13.3. The van der Waals surface area contributed by atoms with Crippen molar-refractivity contribution in [2.24, 2.45) is 0 Å². The molecule has 0 aromatic rings. The first-order valence-corrected chi connectivity index (χ1v) is 35.1. The lowest BCUT2D eigenvalue weighted by Crippen LogP contribution is -2.66. The van der Waals surface area contributed by atoms with Gasteiger partial charge in [-0.25, -0.2) is 0 Å². The number of aliphatic hydroxyl groups excluding tert-OH is 11. The fraction of sp³-hybridized carbons (Fsp3) is 0.926. The SMILES string of the molecule is CCC/C=C\CCCCCCCC(=O)NC(COC1OC(CO)C(OC2OC(CO)C(OC3OC(CO)C(O)C(O)C3O)C(O)C2O)C(O)C1O)C(O)/C=C/CCCCCCCCCCCCCCCCCCCCCCCCCCCCCCCC. The summed E-state index contributed by atoms with van der Waals surface area (Å²) in [6.07, 6.45) is 30.6. The molecule has 3 saturated heterocycles. The zero-order valence-corrected chi connectivity index (χ0v) is 54.0. The van der Waals surface area contributed by atoms with E-state index in [1.54, 1.807) is 6.08 Å². The Bertz CT molecular complexity index is 1680. The van der Waals surface area contributed by atoms with Crippen LogP contribution in [0.3, 0.4) is 0 Å². The van der Waals surface area contributed by atoms with Crippen molar-refractivity contribution in [2.75, 3.05) is 26.4 Å². The first kappa shape index (κ1) is 79.5. The van der Waals surface area contributed by atoms with E-state index in [2.05, 4.69) is 31.3 Å². The van der Waals surface area contributed by atoms with E-state index >= 15 is 0 Å². The molecule has 0 bridgehead atoms. The second kappa shape index (κ2) is 50.8. The highest BCUT2D eigenvalue weighted by Crippen LogP contribution is 2.33. The smallest absolute Gasteiger partial charge is 0.220 e. The Hall–Kier alpha value is -1.73.